The Morgan fingerprint density at radius 1 is 1.00 bits per heavy atom. The first-order valence-electron chi connectivity index (χ1n) is 13.1. The lowest BCUT2D eigenvalue weighted by Crippen LogP contribution is -2.51. The van der Waals surface area contributed by atoms with Crippen LogP contribution in [0.25, 0.3) is 0 Å². The third-order valence-electron chi connectivity index (χ3n) is 6.42. The first-order chi connectivity index (χ1) is 19.3. The number of rotatable bonds is 12. The molecule has 8 nitrogen and oxygen atoms in total. The highest BCUT2D eigenvalue weighted by atomic mass is 79.9. The Kier molecular flexibility index (Phi) is 11.2. The summed E-state index contributed by atoms with van der Waals surface area (Å²) in [5.74, 6) is -0.470. The SMILES string of the molecule is COc1ccc(Cl)cc1N(CC(=O)N(Cc1ccc(Br)cc1)C(C)C(=O)NCC(C)C)S(=O)(=O)c1ccc(C)cc1. The molecule has 0 radical (unpaired) electrons. The second-order valence-electron chi connectivity index (χ2n) is 10.1. The van der Waals surface area contributed by atoms with Crippen LogP contribution in [0.15, 0.2) is 76.1 Å². The van der Waals surface area contributed by atoms with Gasteiger partial charge in [-0.2, -0.15) is 0 Å². The molecule has 0 bridgehead atoms. The molecule has 2 amide bonds. The summed E-state index contributed by atoms with van der Waals surface area (Å²) in [6.45, 7) is 7.37. The fraction of sp³-hybridized carbons (Fsp3) is 0.333. The number of amides is 2. The summed E-state index contributed by atoms with van der Waals surface area (Å²) < 4.78 is 35.4. The van der Waals surface area contributed by atoms with Crippen LogP contribution in [-0.2, 0) is 26.2 Å². The number of ether oxygens (including phenoxy) is 1. The van der Waals surface area contributed by atoms with Crippen molar-refractivity contribution in [1.29, 1.82) is 0 Å². The fourth-order valence-electron chi connectivity index (χ4n) is 4.03. The summed E-state index contributed by atoms with van der Waals surface area (Å²) in [6, 6.07) is 17.4. The van der Waals surface area contributed by atoms with Gasteiger partial charge in [-0.3, -0.25) is 13.9 Å². The number of carbonyl (C=O) groups excluding carboxylic acids is 2. The normalized spacial score (nSPS) is 12.1. The molecule has 0 aromatic heterocycles. The number of sulfonamides is 1. The quantitative estimate of drug-likeness (QED) is 0.264. The van der Waals surface area contributed by atoms with Gasteiger partial charge in [0.05, 0.1) is 17.7 Å². The third kappa shape index (κ3) is 8.47. The molecule has 0 heterocycles. The van der Waals surface area contributed by atoms with Crippen molar-refractivity contribution in [3.63, 3.8) is 0 Å². The highest BCUT2D eigenvalue weighted by molar-refractivity contribution is 9.10. The maximum atomic E-state index is 14.1. The largest absolute Gasteiger partial charge is 0.495 e. The molecule has 3 aromatic carbocycles. The standard InChI is InChI=1S/C30H35BrClN3O5S/c1-20(2)17-33-30(37)22(4)34(18-23-8-10-24(31)11-9-23)29(36)19-35(27-16-25(32)12-15-28(27)40-5)41(38,39)26-13-6-21(3)7-14-26/h6-16,20,22H,17-19H2,1-5H3,(H,33,37). The Morgan fingerprint density at radius 3 is 2.22 bits per heavy atom. The van der Waals surface area contributed by atoms with Crippen LogP contribution in [0, 0.1) is 12.8 Å². The van der Waals surface area contributed by atoms with Gasteiger partial charge in [-0.25, -0.2) is 8.42 Å². The Bertz CT molecular complexity index is 1460. The summed E-state index contributed by atoms with van der Waals surface area (Å²) in [5, 5.41) is 3.14. The van der Waals surface area contributed by atoms with Crippen LogP contribution in [0.5, 0.6) is 5.75 Å². The minimum Gasteiger partial charge on any atom is -0.495 e. The lowest BCUT2D eigenvalue weighted by atomic mass is 10.1. The molecule has 0 spiro atoms. The van der Waals surface area contributed by atoms with E-state index in [2.05, 4.69) is 21.2 Å². The summed E-state index contributed by atoms with van der Waals surface area (Å²) in [5.41, 5.74) is 1.77. The average Bonchev–Trinajstić information content (AvgIpc) is 2.93. The summed E-state index contributed by atoms with van der Waals surface area (Å²) in [6.07, 6.45) is 0. The first-order valence-corrected chi connectivity index (χ1v) is 15.7. The Labute approximate surface area is 255 Å². The van der Waals surface area contributed by atoms with Crippen LogP contribution in [0.3, 0.4) is 0 Å². The lowest BCUT2D eigenvalue weighted by molar-refractivity contribution is -0.139. The van der Waals surface area contributed by atoms with E-state index >= 15 is 0 Å². The van der Waals surface area contributed by atoms with Gasteiger partial charge in [0.25, 0.3) is 10.0 Å². The molecule has 41 heavy (non-hydrogen) atoms. The molecule has 220 valence electrons. The van der Waals surface area contributed by atoms with Crippen LogP contribution < -0.4 is 14.4 Å². The maximum Gasteiger partial charge on any atom is 0.264 e. The molecule has 1 N–H and O–H groups in total. The van der Waals surface area contributed by atoms with Gasteiger partial charge < -0.3 is 15.0 Å². The van der Waals surface area contributed by atoms with Crippen molar-refractivity contribution in [3.8, 4) is 5.75 Å². The third-order valence-corrected chi connectivity index (χ3v) is 8.95. The van der Waals surface area contributed by atoms with Gasteiger partial charge in [-0.1, -0.05) is 71.2 Å². The van der Waals surface area contributed by atoms with Gasteiger partial charge in [0.2, 0.25) is 11.8 Å². The molecule has 0 aliphatic rings. The van der Waals surface area contributed by atoms with E-state index < -0.39 is 28.5 Å². The molecule has 11 heteroatoms. The van der Waals surface area contributed by atoms with E-state index in [1.165, 1.54) is 30.2 Å². The van der Waals surface area contributed by atoms with Gasteiger partial charge >= 0.3 is 0 Å². The van der Waals surface area contributed by atoms with E-state index in [-0.39, 0.29) is 39.7 Å². The number of carbonyl (C=O) groups is 2. The predicted octanol–water partition coefficient (Wildman–Crippen LogP) is 5.80. The van der Waals surface area contributed by atoms with Gasteiger partial charge in [0.15, 0.2) is 0 Å². The lowest BCUT2D eigenvalue weighted by Gasteiger charge is -2.32. The van der Waals surface area contributed by atoms with Crippen molar-refractivity contribution in [2.45, 2.75) is 45.2 Å². The minimum atomic E-state index is -4.25. The van der Waals surface area contributed by atoms with E-state index in [4.69, 9.17) is 16.3 Å². The predicted molar refractivity (Wildman–Crippen MR) is 166 cm³/mol. The molecule has 0 saturated heterocycles. The van der Waals surface area contributed by atoms with Gasteiger partial charge in [0.1, 0.15) is 18.3 Å². The summed E-state index contributed by atoms with van der Waals surface area (Å²) in [4.78, 5) is 28.5. The second kappa shape index (κ2) is 14.2. The number of nitrogens with zero attached hydrogens (tertiary/aromatic N) is 2. The van der Waals surface area contributed by atoms with Crippen molar-refractivity contribution in [1.82, 2.24) is 10.2 Å². The van der Waals surface area contributed by atoms with Crippen LogP contribution in [0.4, 0.5) is 5.69 Å². The minimum absolute atomic E-state index is 0.000105. The zero-order valence-electron chi connectivity index (χ0n) is 23.7. The number of halogens is 2. The average molecular weight is 665 g/mol. The number of hydrogen-bond donors (Lipinski definition) is 1. The highest BCUT2D eigenvalue weighted by Gasteiger charge is 2.34. The van der Waals surface area contributed by atoms with Crippen LogP contribution in [-0.4, -0.2) is 51.4 Å². The number of benzene rings is 3. The molecule has 0 aliphatic heterocycles. The fourth-order valence-corrected chi connectivity index (χ4v) is 5.88. The van der Waals surface area contributed by atoms with E-state index in [0.717, 1.165) is 19.9 Å². The Hall–Kier alpha value is -3.08. The van der Waals surface area contributed by atoms with Crippen LogP contribution >= 0.6 is 27.5 Å². The first kappa shape index (κ1) is 32.4. The van der Waals surface area contributed by atoms with Gasteiger partial charge in [-0.05, 0) is 67.8 Å². The molecular weight excluding hydrogens is 630 g/mol. The molecular formula is C30H35BrClN3O5S. The Morgan fingerprint density at radius 2 is 1.63 bits per heavy atom. The monoisotopic (exact) mass is 663 g/mol. The number of anilines is 1. The second-order valence-corrected chi connectivity index (χ2v) is 13.3. The zero-order chi connectivity index (χ0) is 30.3. The summed E-state index contributed by atoms with van der Waals surface area (Å²) in [7, 11) is -2.85. The van der Waals surface area contributed by atoms with Crippen molar-refractivity contribution >= 4 is 55.1 Å². The molecule has 0 saturated carbocycles. The number of methoxy groups -OCH3 is 1. The smallest absolute Gasteiger partial charge is 0.264 e. The van der Waals surface area contributed by atoms with Crippen molar-refractivity contribution in [3.05, 3.63) is 87.4 Å². The molecule has 3 rings (SSSR count). The molecule has 0 fully saturated rings. The summed E-state index contributed by atoms with van der Waals surface area (Å²) >= 11 is 9.69. The zero-order valence-corrected chi connectivity index (χ0v) is 26.9. The number of nitrogens with one attached hydrogen (secondary N) is 1. The van der Waals surface area contributed by atoms with E-state index in [0.29, 0.717) is 6.54 Å². The maximum absolute atomic E-state index is 14.1. The van der Waals surface area contributed by atoms with Crippen molar-refractivity contribution in [2.24, 2.45) is 5.92 Å². The van der Waals surface area contributed by atoms with Crippen molar-refractivity contribution < 1.29 is 22.7 Å². The highest BCUT2D eigenvalue weighted by Crippen LogP contribution is 2.35. The molecule has 1 unspecified atom stereocenters. The molecule has 1 atom stereocenters. The Balaban J connectivity index is 2.08. The van der Waals surface area contributed by atoms with Gasteiger partial charge in [0, 0.05) is 22.6 Å². The van der Waals surface area contributed by atoms with Crippen LogP contribution in [0.2, 0.25) is 5.02 Å². The van der Waals surface area contributed by atoms with E-state index in [1.807, 2.05) is 45.0 Å². The number of hydrogen-bond acceptors (Lipinski definition) is 5. The van der Waals surface area contributed by atoms with Gasteiger partial charge in [-0.15, -0.1) is 0 Å². The number of aryl methyl sites for hydroxylation is 1. The molecule has 0 aliphatic carbocycles. The van der Waals surface area contributed by atoms with E-state index in [9.17, 15) is 18.0 Å². The molecule has 3 aromatic rings. The van der Waals surface area contributed by atoms with Crippen LogP contribution in [0.1, 0.15) is 31.9 Å². The topological polar surface area (TPSA) is 96.0 Å². The van der Waals surface area contributed by atoms with Crippen molar-refractivity contribution in [2.75, 3.05) is 24.5 Å². The van der Waals surface area contributed by atoms with E-state index in [1.54, 1.807) is 31.2 Å².